The number of hydrogen-bond donors (Lipinski definition) is 1. The normalized spacial score (nSPS) is 43.7. The number of hydrogen-bond acceptors (Lipinski definition) is 3. The number of aliphatic hydroxyl groups excluding tert-OH is 1. The molecule has 1 aliphatic carbocycles. The molecule has 4 atom stereocenters. The molecule has 104 valence electrons. The third-order valence-corrected chi connectivity index (χ3v) is 5.59. The summed E-state index contributed by atoms with van der Waals surface area (Å²) >= 11 is 0. The SMILES string of the molecule is CN1C2CCC1CN(C1CCCCCC1O)CC2. The number of nitrogens with zero attached hydrogens (tertiary/aromatic N) is 2. The lowest BCUT2D eigenvalue weighted by molar-refractivity contribution is 0.0394. The Hall–Kier alpha value is -0.120. The summed E-state index contributed by atoms with van der Waals surface area (Å²) < 4.78 is 0. The van der Waals surface area contributed by atoms with Crippen LogP contribution in [0.3, 0.4) is 0 Å². The number of fused-ring (bicyclic) bond motifs is 2. The Morgan fingerprint density at radius 2 is 1.67 bits per heavy atom. The van der Waals surface area contributed by atoms with Crippen LogP contribution in [0, 0.1) is 0 Å². The van der Waals surface area contributed by atoms with Gasteiger partial charge < -0.3 is 5.11 Å². The molecule has 3 rings (SSSR count). The van der Waals surface area contributed by atoms with Crippen molar-refractivity contribution in [2.24, 2.45) is 0 Å². The topological polar surface area (TPSA) is 26.7 Å². The Morgan fingerprint density at radius 1 is 0.889 bits per heavy atom. The summed E-state index contributed by atoms with van der Waals surface area (Å²) in [7, 11) is 2.30. The van der Waals surface area contributed by atoms with Gasteiger partial charge in [-0.3, -0.25) is 9.80 Å². The zero-order valence-electron chi connectivity index (χ0n) is 11.7. The van der Waals surface area contributed by atoms with Gasteiger partial charge in [0, 0.05) is 31.2 Å². The Morgan fingerprint density at radius 3 is 2.56 bits per heavy atom. The van der Waals surface area contributed by atoms with Gasteiger partial charge in [0.25, 0.3) is 0 Å². The van der Waals surface area contributed by atoms with E-state index in [1.54, 1.807) is 0 Å². The van der Waals surface area contributed by atoms with E-state index < -0.39 is 0 Å². The number of likely N-dealkylation sites (tertiary alicyclic amines) is 1. The Bertz CT molecular complexity index is 284. The van der Waals surface area contributed by atoms with Gasteiger partial charge in [0.1, 0.15) is 0 Å². The van der Waals surface area contributed by atoms with Crippen LogP contribution in [0.25, 0.3) is 0 Å². The van der Waals surface area contributed by atoms with Crippen molar-refractivity contribution in [2.45, 2.75) is 75.6 Å². The van der Waals surface area contributed by atoms with Crippen LogP contribution in [-0.4, -0.2) is 59.3 Å². The molecule has 2 heterocycles. The van der Waals surface area contributed by atoms with E-state index in [2.05, 4.69) is 16.8 Å². The highest BCUT2D eigenvalue weighted by atomic mass is 16.3. The minimum absolute atomic E-state index is 0.0746. The van der Waals surface area contributed by atoms with E-state index in [-0.39, 0.29) is 6.10 Å². The predicted molar refractivity (Wildman–Crippen MR) is 73.6 cm³/mol. The molecule has 2 saturated heterocycles. The molecule has 0 radical (unpaired) electrons. The quantitative estimate of drug-likeness (QED) is 0.722. The summed E-state index contributed by atoms with van der Waals surface area (Å²) in [4.78, 5) is 5.22. The highest BCUT2D eigenvalue weighted by molar-refractivity contribution is 4.94. The zero-order valence-corrected chi connectivity index (χ0v) is 11.7. The lowest BCUT2D eigenvalue weighted by Gasteiger charge is -2.35. The van der Waals surface area contributed by atoms with Crippen molar-refractivity contribution < 1.29 is 5.11 Å². The lowest BCUT2D eigenvalue weighted by atomic mass is 10.0. The van der Waals surface area contributed by atoms with Crippen LogP contribution in [0.2, 0.25) is 0 Å². The third kappa shape index (κ3) is 2.45. The molecule has 0 spiro atoms. The van der Waals surface area contributed by atoms with Crippen molar-refractivity contribution in [3.05, 3.63) is 0 Å². The van der Waals surface area contributed by atoms with Gasteiger partial charge in [-0.05, 0) is 39.2 Å². The molecule has 0 aromatic carbocycles. The van der Waals surface area contributed by atoms with E-state index in [9.17, 15) is 5.11 Å². The fourth-order valence-electron chi connectivity index (χ4n) is 4.33. The van der Waals surface area contributed by atoms with E-state index in [1.165, 1.54) is 58.0 Å². The van der Waals surface area contributed by atoms with Gasteiger partial charge >= 0.3 is 0 Å². The van der Waals surface area contributed by atoms with E-state index in [4.69, 9.17) is 0 Å². The Kier molecular flexibility index (Phi) is 3.92. The molecule has 0 aromatic rings. The predicted octanol–water partition coefficient (Wildman–Crippen LogP) is 1.85. The number of rotatable bonds is 1. The molecule has 2 bridgehead atoms. The van der Waals surface area contributed by atoms with Crippen LogP contribution in [0.1, 0.15) is 51.4 Å². The fourth-order valence-corrected chi connectivity index (χ4v) is 4.33. The van der Waals surface area contributed by atoms with Gasteiger partial charge in [-0.2, -0.15) is 0 Å². The molecule has 3 heteroatoms. The van der Waals surface area contributed by atoms with Crippen LogP contribution in [-0.2, 0) is 0 Å². The summed E-state index contributed by atoms with van der Waals surface area (Å²) in [6, 6.07) is 2.00. The Balaban J connectivity index is 1.68. The van der Waals surface area contributed by atoms with Crippen LogP contribution in [0.4, 0.5) is 0 Å². The van der Waals surface area contributed by atoms with Gasteiger partial charge in [0.05, 0.1) is 6.10 Å². The summed E-state index contributed by atoms with van der Waals surface area (Å²) in [5.41, 5.74) is 0. The van der Waals surface area contributed by atoms with Crippen LogP contribution in [0.15, 0.2) is 0 Å². The third-order valence-electron chi connectivity index (χ3n) is 5.59. The van der Waals surface area contributed by atoms with E-state index in [1.807, 2.05) is 0 Å². The summed E-state index contributed by atoms with van der Waals surface area (Å²) in [6.07, 6.45) is 10.0. The molecule has 18 heavy (non-hydrogen) atoms. The molecule has 3 nitrogen and oxygen atoms in total. The minimum atomic E-state index is -0.0746. The van der Waals surface area contributed by atoms with Crippen molar-refractivity contribution in [3.8, 4) is 0 Å². The zero-order chi connectivity index (χ0) is 12.5. The highest BCUT2D eigenvalue weighted by Crippen LogP contribution is 2.31. The maximum atomic E-state index is 10.4. The molecule has 0 aromatic heterocycles. The van der Waals surface area contributed by atoms with Crippen LogP contribution in [0.5, 0.6) is 0 Å². The van der Waals surface area contributed by atoms with E-state index >= 15 is 0 Å². The van der Waals surface area contributed by atoms with Crippen LogP contribution >= 0.6 is 0 Å². The second-order valence-corrected chi connectivity index (χ2v) is 6.61. The molecule has 3 aliphatic rings. The van der Waals surface area contributed by atoms with E-state index in [0.29, 0.717) is 6.04 Å². The largest absolute Gasteiger partial charge is 0.391 e. The molecule has 0 amide bonds. The summed E-state index contributed by atoms with van der Waals surface area (Å²) in [5.74, 6) is 0. The van der Waals surface area contributed by atoms with Gasteiger partial charge in [-0.1, -0.05) is 19.3 Å². The minimum Gasteiger partial charge on any atom is -0.391 e. The standard InChI is InChI=1S/C15H28N2O/c1-16-12-7-8-13(16)11-17(10-9-12)14-5-3-2-4-6-15(14)18/h12-15,18H,2-11H2,1H3. The Labute approximate surface area is 111 Å². The van der Waals surface area contributed by atoms with Crippen molar-refractivity contribution in [1.82, 2.24) is 9.80 Å². The molecule has 3 fully saturated rings. The molecular weight excluding hydrogens is 224 g/mol. The average molecular weight is 252 g/mol. The maximum Gasteiger partial charge on any atom is 0.0695 e. The highest BCUT2D eigenvalue weighted by Gasteiger charge is 2.38. The molecule has 1 saturated carbocycles. The number of aliphatic hydroxyl groups is 1. The fraction of sp³-hybridized carbons (Fsp3) is 1.00. The molecule has 2 aliphatic heterocycles. The maximum absolute atomic E-state index is 10.4. The van der Waals surface area contributed by atoms with Gasteiger partial charge in [0.2, 0.25) is 0 Å². The van der Waals surface area contributed by atoms with Gasteiger partial charge in [-0.15, -0.1) is 0 Å². The second-order valence-electron chi connectivity index (χ2n) is 6.61. The number of likely N-dealkylation sites (N-methyl/N-ethyl adjacent to an activating group) is 1. The molecule has 1 N–H and O–H groups in total. The van der Waals surface area contributed by atoms with Crippen molar-refractivity contribution >= 4 is 0 Å². The average Bonchev–Trinajstić information content (AvgIpc) is 2.51. The lowest BCUT2D eigenvalue weighted by Crippen LogP contribution is -2.47. The summed E-state index contributed by atoms with van der Waals surface area (Å²) in [6.45, 7) is 2.39. The van der Waals surface area contributed by atoms with Crippen molar-refractivity contribution in [3.63, 3.8) is 0 Å². The van der Waals surface area contributed by atoms with Crippen LogP contribution < -0.4 is 0 Å². The monoisotopic (exact) mass is 252 g/mol. The smallest absolute Gasteiger partial charge is 0.0695 e. The first-order chi connectivity index (χ1) is 8.75. The van der Waals surface area contributed by atoms with Gasteiger partial charge in [0.15, 0.2) is 0 Å². The molecular formula is C15H28N2O. The van der Waals surface area contributed by atoms with Crippen molar-refractivity contribution in [2.75, 3.05) is 20.1 Å². The second kappa shape index (κ2) is 5.48. The van der Waals surface area contributed by atoms with Gasteiger partial charge in [-0.25, -0.2) is 0 Å². The first-order valence-corrected chi connectivity index (χ1v) is 7.90. The summed E-state index contributed by atoms with van der Waals surface area (Å²) in [5, 5.41) is 10.4. The van der Waals surface area contributed by atoms with Crippen molar-refractivity contribution in [1.29, 1.82) is 0 Å². The molecule has 4 unspecified atom stereocenters. The first-order valence-electron chi connectivity index (χ1n) is 7.90. The first kappa shape index (κ1) is 12.9. The van der Waals surface area contributed by atoms with E-state index in [0.717, 1.165) is 18.5 Å².